The molecule has 1 aliphatic carbocycles. The summed E-state index contributed by atoms with van der Waals surface area (Å²) in [6.07, 6.45) is 6.11. The Morgan fingerprint density at radius 2 is 2.00 bits per heavy atom. The van der Waals surface area contributed by atoms with Crippen molar-refractivity contribution in [2.45, 2.75) is 25.7 Å². The summed E-state index contributed by atoms with van der Waals surface area (Å²) in [4.78, 5) is 12.1. The minimum absolute atomic E-state index is 0.262. The van der Waals surface area contributed by atoms with E-state index in [0.717, 1.165) is 31.3 Å². The molecule has 3 rings (SSSR count). The van der Waals surface area contributed by atoms with E-state index in [1.165, 1.54) is 0 Å². The highest BCUT2D eigenvalue weighted by molar-refractivity contribution is 5.81. The molecule has 2 aromatic rings. The Morgan fingerprint density at radius 1 is 1.17 bits per heavy atom. The molecule has 0 bridgehead atoms. The Balaban J connectivity index is 2.27. The van der Waals surface area contributed by atoms with E-state index < -0.39 is 0 Å². The van der Waals surface area contributed by atoms with Crippen molar-refractivity contribution in [2.24, 2.45) is 0 Å². The number of rotatable bonds is 1. The third kappa shape index (κ3) is 1.72. The van der Waals surface area contributed by atoms with Gasteiger partial charge >= 0.3 is 0 Å². The summed E-state index contributed by atoms with van der Waals surface area (Å²) in [5, 5.41) is 10.4. The molecule has 18 heavy (non-hydrogen) atoms. The Bertz CT molecular complexity index is 680. The standard InChI is InChI=1S/C15H14O3/c16-13-11-8-4-5-9-12(11)18-15(14(13)17)10-6-2-1-3-7-10/h4-6,8-9,17H,1-3,7H2. The first-order valence-corrected chi connectivity index (χ1v) is 6.21. The molecule has 0 radical (unpaired) electrons. The molecule has 0 atom stereocenters. The van der Waals surface area contributed by atoms with Crippen LogP contribution in [0.2, 0.25) is 0 Å². The van der Waals surface area contributed by atoms with Crippen molar-refractivity contribution in [2.75, 3.05) is 0 Å². The lowest BCUT2D eigenvalue weighted by Crippen LogP contribution is -2.05. The monoisotopic (exact) mass is 242 g/mol. The number of hydrogen-bond donors (Lipinski definition) is 1. The molecule has 92 valence electrons. The zero-order valence-corrected chi connectivity index (χ0v) is 9.98. The number of para-hydroxylation sites is 1. The van der Waals surface area contributed by atoms with Crippen molar-refractivity contribution in [3.05, 3.63) is 46.3 Å². The lowest BCUT2D eigenvalue weighted by Gasteiger charge is -2.13. The lowest BCUT2D eigenvalue weighted by atomic mass is 9.97. The van der Waals surface area contributed by atoms with E-state index in [2.05, 4.69) is 6.08 Å². The van der Waals surface area contributed by atoms with Crippen LogP contribution in [0.15, 0.2) is 39.6 Å². The average molecular weight is 242 g/mol. The molecule has 1 heterocycles. The minimum Gasteiger partial charge on any atom is -0.502 e. The molecule has 3 nitrogen and oxygen atoms in total. The molecule has 0 spiro atoms. The van der Waals surface area contributed by atoms with Crippen molar-refractivity contribution in [3.8, 4) is 5.75 Å². The number of aromatic hydroxyl groups is 1. The van der Waals surface area contributed by atoms with Gasteiger partial charge in [-0.3, -0.25) is 4.79 Å². The number of fused-ring (bicyclic) bond motifs is 1. The summed E-state index contributed by atoms with van der Waals surface area (Å²) < 4.78 is 5.69. The van der Waals surface area contributed by atoms with Gasteiger partial charge in [-0.1, -0.05) is 18.2 Å². The Kier molecular flexibility index (Phi) is 2.67. The summed E-state index contributed by atoms with van der Waals surface area (Å²) in [6.45, 7) is 0. The fourth-order valence-electron chi connectivity index (χ4n) is 2.39. The van der Waals surface area contributed by atoms with E-state index in [1.807, 2.05) is 6.07 Å². The van der Waals surface area contributed by atoms with Gasteiger partial charge in [0.05, 0.1) is 5.39 Å². The predicted molar refractivity (Wildman–Crippen MR) is 70.6 cm³/mol. The molecule has 1 aromatic heterocycles. The maximum Gasteiger partial charge on any atom is 0.235 e. The minimum atomic E-state index is -0.349. The molecule has 1 aliphatic rings. The zero-order valence-electron chi connectivity index (χ0n) is 9.98. The third-order valence-electron chi connectivity index (χ3n) is 3.36. The Morgan fingerprint density at radius 3 is 2.78 bits per heavy atom. The molecule has 0 fully saturated rings. The van der Waals surface area contributed by atoms with E-state index in [0.29, 0.717) is 16.7 Å². The van der Waals surface area contributed by atoms with Crippen LogP contribution in [0.25, 0.3) is 16.5 Å². The molecule has 1 N–H and O–H groups in total. The van der Waals surface area contributed by atoms with Crippen molar-refractivity contribution in [1.29, 1.82) is 0 Å². The van der Waals surface area contributed by atoms with Crippen molar-refractivity contribution < 1.29 is 9.52 Å². The van der Waals surface area contributed by atoms with Gasteiger partial charge in [0.25, 0.3) is 0 Å². The molecule has 0 amide bonds. The Labute approximate surface area is 104 Å². The number of hydrogen-bond acceptors (Lipinski definition) is 3. The molecular weight excluding hydrogens is 228 g/mol. The van der Waals surface area contributed by atoms with Gasteiger partial charge in [-0.15, -0.1) is 0 Å². The van der Waals surface area contributed by atoms with Crippen LogP contribution >= 0.6 is 0 Å². The van der Waals surface area contributed by atoms with E-state index >= 15 is 0 Å². The SMILES string of the molecule is O=c1c(O)c(C2=CCCCC2)oc2ccccc12. The van der Waals surface area contributed by atoms with Crippen LogP contribution in [0, 0.1) is 0 Å². The highest BCUT2D eigenvalue weighted by Gasteiger charge is 2.17. The number of allylic oxidation sites excluding steroid dienone is 2. The van der Waals surface area contributed by atoms with E-state index in [9.17, 15) is 9.90 Å². The summed E-state index contributed by atoms with van der Waals surface area (Å²) in [5.41, 5.74) is 1.13. The first kappa shape index (κ1) is 11.1. The highest BCUT2D eigenvalue weighted by Crippen LogP contribution is 2.32. The second kappa shape index (κ2) is 4.33. The Hall–Kier alpha value is -2.03. The van der Waals surface area contributed by atoms with Crippen LogP contribution in [-0.4, -0.2) is 5.11 Å². The maximum absolute atomic E-state index is 12.1. The number of benzene rings is 1. The molecular formula is C15H14O3. The van der Waals surface area contributed by atoms with Gasteiger partial charge in [0.2, 0.25) is 11.2 Å². The fourth-order valence-corrected chi connectivity index (χ4v) is 2.39. The van der Waals surface area contributed by atoms with Crippen LogP contribution in [-0.2, 0) is 0 Å². The van der Waals surface area contributed by atoms with Crippen LogP contribution in [0.1, 0.15) is 31.4 Å². The quantitative estimate of drug-likeness (QED) is 0.833. The molecule has 0 aliphatic heterocycles. The van der Waals surface area contributed by atoms with Gasteiger partial charge in [0.15, 0.2) is 5.76 Å². The third-order valence-corrected chi connectivity index (χ3v) is 3.36. The average Bonchev–Trinajstić information content (AvgIpc) is 2.44. The van der Waals surface area contributed by atoms with Crippen LogP contribution in [0.3, 0.4) is 0 Å². The first-order chi connectivity index (χ1) is 8.77. The second-order valence-corrected chi connectivity index (χ2v) is 4.58. The topological polar surface area (TPSA) is 50.4 Å². The summed E-state index contributed by atoms with van der Waals surface area (Å²) >= 11 is 0. The zero-order chi connectivity index (χ0) is 12.5. The summed E-state index contributed by atoms with van der Waals surface area (Å²) in [5.74, 6) is 0.0836. The van der Waals surface area contributed by atoms with Crippen LogP contribution < -0.4 is 5.43 Å². The molecule has 3 heteroatoms. The lowest BCUT2D eigenvalue weighted by molar-refractivity contribution is 0.434. The van der Waals surface area contributed by atoms with E-state index in [1.54, 1.807) is 18.2 Å². The van der Waals surface area contributed by atoms with Gasteiger partial charge < -0.3 is 9.52 Å². The van der Waals surface area contributed by atoms with Crippen molar-refractivity contribution in [1.82, 2.24) is 0 Å². The fraction of sp³-hybridized carbons (Fsp3) is 0.267. The van der Waals surface area contributed by atoms with Gasteiger partial charge in [-0.25, -0.2) is 0 Å². The summed E-state index contributed by atoms with van der Waals surface area (Å²) in [6, 6.07) is 7.00. The van der Waals surface area contributed by atoms with E-state index in [-0.39, 0.29) is 11.2 Å². The molecule has 1 aromatic carbocycles. The van der Waals surface area contributed by atoms with Gasteiger partial charge in [-0.05, 0) is 43.4 Å². The highest BCUT2D eigenvalue weighted by atomic mass is 16.4. The summed E-state index contributed by atoms with van der Waals surface area (Å²) in [7, 11) is 0. The normalized spacial score (nSPS) is 15.7. The van der Waals surface area contributed by atoms with Crippen LogP contribution in [0.4, 0.5) is 0 Å². The molecule has 0 unspecified atom stereocenters. The smallest absolute Gasteiger partial charge is 0.235 e. The van der Waals surface area contributed by atoms with Crippen molar-refractivity contribution in [3.63, 3.8) is 0 Å². The largest absolute Gasteiger partial charge is 0.502 e. The van der Waals surface area contributed by atoms with Gasteiger partial charge in [0.1, 0.15) is 5.58 Å². The second-order valence-electron chi connectivity index (χ2n) is 4.58. The molecule has 0 saturated heterocycles. The van der Waals surface area contributed by atoms with Crippen molar-refractivity contribution >= 4 is 16.5 Å². The predicted octanol–water partition coefficient (Wildman–Crippen LogP) is 3.46. The van der Waals surface area contributed by atoms with Crippen LogP contribution in [0.5, 0.6) is 5.75 Å². The maximum atomic E-state index is 12.1. The van der Waals surface area contributed by atoms with Gasteiger partial charge in [-0.2, -0.15) is 0 Å². The van der Waals surface area contributed by atoms with Gasteiger partial charge in [0, 0.05) is 0 Å². The van der Waals surface area contributed by atoms with E-state index in [4.69, 9.17) is 4.42 Å². The molecule has 0 saturated carbocycles. The first-order valence-electron chi connectivity index (χ1n) is 6.21.